The molecule has 1 fully saturated rings. The fraction of sp³-hybridized carbons (Fsp3) is 0.619. The zero-order chi connectivity index (χ0) is 21.2. The third kappa shape index (κ3) is 5.12. The number of H-pyrrole nitrogens is 1. The number of carbonyl (C=O) groups excluding carboxylic acids is 1. The fourth-order valence-corrected chi connectivity index (χ4v) is 3.64. The molecule has 8 nitrogen and oxygen atoms in total. The van der Waals surface area contributed by atoms with E-state index < -0.39 is 5.60 Å². The molecular formula is C21H32N6O2. The van der Waals surface area contributed by atoms with Crippen LogP contribution in [0.4, 0.5) is 4.79 Å². The van der Waals surface area contributed by atoms with Crippen LogP contribution in [0, 0.1) is 6.92 Å². The fourth-order valence-electron chi connectivity index (χ4n) is 3.64. The van der Waals surface area contributed by atoms with E-state index in [0.717, 1.165) is 36.1 Å². The molecule has 2 aromatic rings. The second-order valence-electron chi connectivity index (χ2n) is 9.22. The van der Waals surface area contributed by atoms with Crippen LogP contribution in [0.5, 0.6) is 0 Å². The van der Waals surface area contributed by atoms with E-state index in [1.807, 2.05) is 25.7 Å². The quantitative estimate of drug-likeness (QED) is 0.846. The molecule has 29 heavy (non-hydrogen) atoms. The smallest absolute Gasteiger partial charge is 0.410 e. The predicted molar refractivity (Wildman–Crippen MR) is 111 cm³/mol. The molecule has 1 saturated heterocycles. The van der Waals surface area contributed by atoms with Gasteiger partial charge in [-0.25, -0.2) is 4.79 Å². The van der Waals surface area contributed by atoms with E-state index in [2.05, 4.69) is 64.6 Å². The topological polar surface area (TPSA) is 87.2 Å². The number of nitrogens with zero attached hydrogens (tertiary/aromatic N) is 5. The number of amides is 1. The molecule has 0 saturated carbocycles. The number of rotatable bonds is 4. The predicted octanol–water partition coefficient (Wildman–Crippen LogP) is 3.40. The number of aromatic amines is 1. The Morgan fingerprint density at radius 3 is 2.59 bits per heavy atom. The zero-order valence-corrected chi connectivity index (χ0v) is 18.3. The highest BCUT2D eigenvalue weighted by molar-refractivity contribution is 5.68. The van der Waals surface area contributed by atoms with Gasteiger partial charge in [0.15, 0.2) is 0 Å². The van der Waals surface area contributed by atoms with Crippen molar-refractivity contribution in [1.29, 1.82) is 0 Å². The lowest BCUT2D eigenvalue weighted by molar-refractivity contribution is 0.00175. The first-order chi connectivity index (χ1) is 13.6. The number of hydrogen-bond acceptors (Lipinski definition) is 6. The van der Waals surface area contributed by atoms with Crippen molar-refractivity contribution in [3.05, 3.63) is 29.3 Å². The summed E-state index contributed by atoms with van der Waals surface area (Å²) in [7, 11) is 2.14. The molecule has 0 spiro atoms. The Morgan fingerprint density at radius 2 is 2.00 bits per heavy atom. The summed E-state index contributed by atoms with van der Waals surface area (Å²) in [4.78, 5) is 16.5. The highest BCUT2D eigenvalue weighted by atomic mass is 16.6. The average Bonchev–Trinajstić information content (AvgIpc) is 3.16. The van der Waals surface area contributed by atoms with Crippen LogP contribution >= 0.6 is 0 Å². The maximum absolute atomic E-state index is 12.4. The number of likely N-dealkylation sites (tertiary alicyclic amines) is 1. The lowest BCUT2D eigenvalue weighted by atomic mass is 9.87. The largest absolute Gasteiger partial charge is 0.444 e. The molecule has 0 radical (unpaired) electrons. The highest BCUT2D eigenvalue weighted by Gasteiger charge is 2.36. The maximum Gasteiger partial charge on any atom is 0.410 e. The van der Waals surface area contributed by atoms with Gasteiger partial charge in [-0.1, -0.05) is 17.7 Å². The van der Waals surface area contributed by atoms with Gasteiger partial charge in [-0.05, 0) is 71.4 Å². The number of aromatic nitrogens is 4. The molecule has 8 heteroatoms. The van der Waals surface area contributed by atoms with Crippen molar-refractivity contribution in [3.8, 4) is 11.4 Å². The van der Waals surface area contributed by atoms with Crippen LogP contribution in [0.15, 0.2) is 18.2 Å². The van der Waals surface area contributed by atoms with Crippen LogP contribution in [0.3, 0.4) is 0 Å². The SMILES string of the molecule is Cc1ccc(CN(C)C2(C)CCN(C(=O)OC(C)(C)C)CC2)c(-c2nn[nH]n2)c1. The second-order valence-corrected chi connectivity index (χ2v) is 9.22. The van der Waals surface area contributed by atoms with Crippen LogP contribution in [-0.4, -0.2) is 67.8 Å². The lowest BCUT2D eigenvalue weighted by Crippen LogP contribution is -2.53. The van der Waals surface area contributed by atoms with Crippen LogP contribution < -0.4 is 0 Å². The Balaban J connectivity index is 1.68. The summed E-state index contributed by atoms with van der Waals surface area (Å²) in [6, 6.07) is 6.35. The summed E-state index contributed by atoms with van der Waals surface area (Å²) in [5.41, 5.74) is 2.85. The highest BCUT2D eigenvalue weighted by Crippen LogP contribution is 2.31. The number of piperidine rings is 1. The van der Waals surface area contributed by atoms with Gasteiger partial charge in [0.2, 0.25) is 5.82 Å². The standard InChI is InChI=1S/C21H32N6O2/c1-15-7-8-16(17(13-15)18-22-24-25-23-18)14-26(6)21(5)9-11-27(12-10-21)19(28)29-20(2,3)4/h7-8,13H,9-12,14H2,1-6H3,(H,22,23,24,25). The van der Waals surface area contributed by atoms with Gasteiger partial charge in [0.05, 0.1) is 0 Å². The Morgan fingerprint density at radius 1 is 1.31 bits per heavy atom. The van der Waals surface area contributed by atoms with Gasteiger partial charge in [0.1, 0.15) is 5.60 Å². The third-order valence-electron chi connectivity index (χ3n) is 5.67. The minimum absolute atomic E-state index is 0.00206. The van der Waals surface area contributed by atoms with E-state index >= 15 is 0 Å². The minimum Gasteiger partial charge on any atom is -0.444 e. The summed E-state index contributed by atoms with van der Waals surface area (Å²) in [5, 5.41) is 14.6. The summed E-state index contributed by atoms with van der Waals surface area (Å²) in [6.07, 6.45) is 1.57. The van der Waals surface area contributed by atoms with E-state index in [4.69, 9.17) is 4.74 Å². The molecule has 1 N–H and O–H groups in total. The van der Waals surface area contributed by atoms with E-state index in [1.165, 1.54) is 0 Å². The van der Waals surface area contributed by atoms with Gasteiger partial charge in [-0.15, -0.1) is 10.2 Å². The van der Waals surface area contributed by atoms with Gasteiger partial charge in [0, 0.05) is 30.7 Å². The normalized spacial score (nSPS) is 16.9. The summed E-state index contributed by atoms with van der Waals surface area (Å²) >= 11 is 0. The van der Waals surface area contributed by atoms with Crippen LogP contribution in [-0.2, 0) is 11.3 Å². The number of hydrogen-bond donors (Lipinski definition) is 1. The third-order valence-corrected chi connectivity index (χ3v) is 5.67. The Bertz CT molecular complexity index is 835. The molecule has 0 aliphatic carbocycles. The zero-order valence-electron chi connectivity index (χ0n) is 18.3. The van der Waals surface area contributed by atoms with E-state index in [-0.39, 0.29) is 11.6 Å². The number of tetrazole rings is 1. The Hall–Kier alpha value is -2.48. The molecule has 1 aromatic heterocycles. The number of benzene rings is 1. The van der Waals surface area contributed by atoms with Crippen LogP contribution in [0.25, 0.3) is 11.4 Å². The molecule has 1 amide bonds. The van der Waals surface area contributed by atoms with E-state index in [1.54, 1.807) is 0 Å². The summed E-state index contributed by atoms with van der Waals surface area (Å²) < 4.78 is 5.52. The number of aryl methyl sites for hydroxylation is 1. The first-order valence-corrected chi connectivity index (χ1v) is 10.1. The number of carbonyl (C=O) groups is 1. The Kier molecular flexibility index (Phi) is 5.93. The summed E-state index contributed by atoms with van der Waals surface area (Å²) in [6.45, 7) is 12.2. The molecule has 0 atom stereocenters. The first-order valence-electron chi connectivity index (χ1n) is 10.1. The molecule has 3 rings (SSSR count). The lowest BCUT2D eigenvalue weighted by Gasteiger charge is -2.45. The molecule has 1 aromatic carbocycles. The number of ether oxygens (including phenoxy) is 1. The van der Waals surface area contributed by atoms with Crippen molar-refractivity contribution in [1.82, 2.24) is 30.4 Å². The molecule has 1 aliphatic heterocycles. The minimum atomic E-state index is -0.467. The summed E-state index contributed by atoms with van der Waals surface area (Å²) in [5.74, 6) is 0.613. The first kappa shape index (κ1) is 21.2. The van der Waals surface area contributed by atoms with Gasteiger partial charge < -0.3 is 9.64 Å². The van der Waals surface area contributed by atoms with E-state index in [9.17, 15) is 4.79 Å². The second kappa shape index (κ2) is 8.10. The van der Waals surface area contributed by atoms with Gasteiger partial charge >= 0.3 is 6.09 Å². The van der Waals surface area contributed by atoms with Crippen molar-refractivity contribution in [3.63, 3.8) is 0 Å². The maximum atomic E-state index is 12.4. The molecular weight excluding hydrogens is 368 g/mol. The molecule has 158 valence electrons. The van der Waals surface area contributed by atoms with Crippen molar-refractivity contribution in [2.24, 2.45) is 0 Å². The van der Waals surface area contributed by atoms with Crippen molar-refractivity contribution in [2.45, 2.75) is 65.1 Å². The van der Waals surface area contributed by atoms with Crippen LogP contribution in [0.1, 0.15) is 51.7 Å². The van der Waals surface area contributed by atoms with E-state index in [0.29, 0.717) is 18.9 Å². The van der Waals surface area contributed by atoms with Gasteiger partial charge in [-0.3, -0.25) is 4.90 Å². The van der Waals surface area contributed by atoms with Gasteiger partial charge in [-0.2, -0.15) is 5.21 Å². The molecule has 1 aliphatic rings. The van der Waals surface area contributed by atoms with Crippen molar-refractivity contribution in [2.75, 3.05) is 20.1 Å². The Labute approximate surface area is 172 Å². The van der Waals surface area contributed by atoms with Gasteiger partial charge in [0.25, 0.3) is 0 Å². The van der Waals surface area contributed by atoms with Crippen molar-refractivity contribution < 1.29 is 9.53 Å². The van der Waals surface area contributed by atoms with Crippen LogP contribution in [0.2, 0.25) is 0 Å². The molecule has 0 bridgehead atoms. The molecule has 2 heterocycles. The average molecular weight is 401 g/mol. The molecule has 0 unspecified atom stereocenters. The monoisotopic (exact) mass is 400 g/mol. The number of nitrogens with one attached hydrogen (secondary N) is 1. The van der Waals surface area contributed by atoms with Crippen molar-refractivity contribution >= 4 is 6.09 Å².